The van der Waals surface area contributed by atoms with E-state index in [4.69, 9.17) is 24.2 Å². The smallest absolute Gasteiger partial charge is 0.357 e. The molecular formula is C40H53FN6O7SSi2. The SMILES string of the molecule is CCc1cc(OCOCC[Si](C)(C)C)c(F)cc1-c1nc(NCc2ccccc2N(C)S(=O)(=O)c2ccccc2)c2c(C(=O)O)nn(COCC[Si](C)(C)C)c2n1. The molecule has 0 saturated heterocycles. The number of carbonyl (C=O) groups is 1. The van der Waals surface area contributed by atoms with E-state index in [0.29, 0.717) is 42.0 Å². The third-order valence-electron chi connectivity index (χ3n) is 9.26. The van der Waals surface area contributed by atoms with Crippen molar-refractivity contribution in [2.45, 2.75) is 82.9 Å². The number of aryl methyl sites for hydroxylation is 1. The van der Waals surface area contributed by atoms with Gasteiger partial charge < -0.3 is 24.6 Å². The van der Waals surface area contributed by atoms with Crippen molar-refractivity contribution in [2.75, 3.05) is 36.7 Å². The number of para-hydroxylation sites is 1. The molecule has 0 atom stereocenters. The summed E-state index contributed by atoms with van der Waals surface area (Å²) in [5.74, 6) is -1.68. The van der Waals surface area contributed by atoms with Crippen LogP contribution in [0, 0.1) is 5.82 Å². The van der Waals surface area contributed by atoms with E-state index in [1.165, 1.54) is 34.2 Å². The van der Waals surface area contributed by atoms with Gasteiger partial charge in [0.25, 0.3) is 10.0 Å². The molecule has 0 aliphatic rings. The highest BCUT2D eigenvalue weighted by molar-refractivity contribution is 7.92. The Morgan fingerprint density at radius 1 is 0.912 bits per heavy atom. The van der Waals surface area contributed by atoms with Crippen molar-refractivity contribution in [1.82, 2.24) is 19.7 Å². The summed E-state index contributed by atoms with van der Waals surface area (Å²) < 4.78 is 62.9. The van der Waals surface area contributed by atoms with Crippen molar-refractivity contribution in [2.24, 2.45) is 0 Å². The fraction of sp³-hybridized carbons (Fsp3) is 0.400. The molecule has 0 fully saturated rings. The van der Waals surface area contributed by atoms with Crippen LogP contribution in [0.5, 0.6) is 5.75 Å². The van der Waals surface area contributed by atoms with E-state index < -0.39 is 38.0 Å². The zero-order valence-corrected chi connectivity index (χ0v) is 36.7. The van der Waals surface area contributed by atoms with Gasteiger partial charge in [-0.25, -0.2) is 32.3 Å². The van der Waals surface area contributed by atoms with Gasteiger partial charge in [0.15, 0.2) is 35.5 Å². The van der Waals surface area contributed by atoms with Gasteiger partial charge in [0.05, 0.1) is 16.0 Å². The van der Waals surface area contributed by atoms with Gasteiger partial charge in [-0.05, 0) is 60.0 Å². The first-order valence-corrected chi connectivity index (χ1v) is 27.7. The number of fused-ring (bicyclic) bond motifs is 1. The lowest BCUT2D eigenvalue weighted by Crippen LogP contribution is -2.27. The average Bonchev–Trinajstić information content (AvgIpc) is 3.54. The zero-order chi connectivity index (χ0) is 41.5. The van der Waals surface area contributed by atoms with Crippen LogP contribution in [0.25, 0.3) is 22.4 Å². The van der Waals surface area contributed by atoms with Crippen molar-refractivity contribution in [1.29, 1.82) is 0 Å². The Hall–Kier alpha value is -4.69. The summed E-state index contributed by atoms with van der Waals surface area (Å²) in [5.41, 5.74) is 1.92. The molecule has 17 heteroatoms. The van der Waals surface area contributed by atoms with Gasteiger partial charge in [-0.3, -0.25) is 4.31 Å². The van der Waals surface area contributed by atoms with E-state index in [0.717, 1.165) is 12.1 Å². The minimum Gasteiger partial charge on any atom is -0.476 e. The van der Waals surface area contributed by atoms with Crippen molar-refractivity contribution >= 4 is 54.7 Å². The molecule has 0 radical (unpaired) electrons. The highest BCUT2D eigenvalue weighted by atomic mass is 32.2. The fourth-order valence-electron chi connectivity index (χ4n) is 5.86. The number of rotatable bonds is 20. The highest BCUT2D eigenvalue weighted by Crippen LogP contribution is 2.34. The number of sulfonamides is 1. The Balaban J connectivity index is 1.56. The molecule has 2 heterocycles. The van der Waals surface area contributed by atoms with Crippen LogP contribution < -0.4 is 14.4 Å². The van der Waals surface area contributed by atoms with E-state index in [-0.39, 0.29) is 59.1 Å². The normalized spacial score (nSPS) is 12.2. The third kappa shape index (κ3) is 11.0. The summed E-state index contributed by atoms with van der Waals surface area (Å²) in [6, 6.07) is 19.8. The molecule has 0 amide bonds. The van der Waals surface area contributed by atoms with Gasteiger partial charge in [0.1, 0.15) is 12.5 Å². The van der Waals surface area contributed by atoms with E-state index in [2.05, 4.69) is 49.7 Å². The first-order chi connectivity index (χ1) is 26.9. The zero-order valence-electron chi connectivity index (χ0n) is 33.9. The average molecular weight is 837 g/mol. The number of aromatic nitrogens is 4. The van der Waals surface area contributed by atoms with Crippen LogP contribution in [0.2, 0.25) is 51.4 Å². The van der Waals surface area contributed by atoms with Crippen LogP contribution in [0.4, 0.5) is 15.9 Å². The molecule has 0 unspecified atom stereocenters. The predicted octanol–water partition coefficient (Wildman–Crippen LogP) is 8.33. The van der Waals surface area contributed by atoms with E-state index >= 15 is 4.39 Å². The Morgan fingerprint density at radius 2 is 1.56 bits per heavy atom. The predicted molar refractivity (Wildman–Crippen MR) is 227 cm³/mol. The Labute approximate surface area is 336 Å². The number of nitrogens with one attached hydrogen (secondary N) is 1. The summed E-state index contributed by atoms with van der Waals surface area (Å²) in [6.45, 7) is 16.2. The van der Waals surface area contributed by atoms with Crippen LogP contribution in [0.1, 0.15) is 28.5 Å². The lowest BCUT2D eigenvalue weighted by Gasteiger charge is -2.23. The van der Waals surface area contributed by atoms with E-state index in [1.54, 1.807) is 48.5 Å². The van der Waals surface area contributed by atoms with Gasteiger partial charge in [0.2, 0.25) is 0 Å². The molecule has 5 rings (SSSR count). The maximum atomic E-state index is 15.8. The Morgan fingerprint density at radius 3 is 2.21 bits per heavy atom. The Kier molecular flexibility index (Phi) is 13.9. The molecule has 2 aromatic heterocycles. The van der Waals surface area contributed by atoms with Crippen LogP contribution >= 0.6 is 0 Å². The second-order valence-corrected chi connectivity index (χ2v) is 29.3. The number of carboxylic acids is 1. The molecule has 306 valence electrons. The van der Waals surface area contributed by atoms with Gasteiger partial charge >= 0.3 is 5.97 Å². The topological polar surface area (TPSA) is 158 Å². The summed E-state index contributed by atoms with van der Waals surface area (Å²) in [6.07, 6.45) is 0.474. The molecule has 0 aliphatic heterocycles. The van der Waals surface area contributed by atoms with Crippen molar-refractivity contribution in [3.63, 3.8) is 0 Å². The number of aromatic carboxylic acids is 1. The van der Waals surface area contributed by atoms with Gasteiger partial charge in [0, 0.05) is 48.5 Å². The maximum Gasteiger partial charge on any atom is 0.357 e. The summed E-state index contributed by atoms with van der Waals surface area (Å²) in [5, 5.41) is 18.1. The first kappa shape index (κ1) is 43.4. The molecule has 3 aromatic carbocycles. The van der Waals surface area contributed by atoms with Crippen LogP contribution in [0.3, 0.4) is 0 Å². The van der Waals surface area contributed by atoms with Gasteiger partial charge in [-0.1, -0.05) is 82.6 Å². The van der Waals surface area contributed by atoms with Gasteiger partial charge in [-0.15, -0.1) is 0 Å². The molecule has 0 bridgehead atoms. The fourth-order valence-corrected chi connectivity index (χ4v) is 8.63. The van der Waals surface area contributed by atoms with Crippen molar-refractivity contribution in [3.8, 4) is 17.1 Å². The quantitative estimate of drug-likeness (QED) is 0.0441. The van der Waals surface area contributed by atoms with E-state index in [1.807, 2.05) is 6.92 Å². The lowest BCUT2D eigenvalue weighted by molar-refractivity contribution is 0.0197. The molecule has 0 aliphatic carbocycles. The monoisotopic (exact) mass is 836 g/mol. The molecule has 0 saturated carbocycles. The lowest BCUT2D eigenvalue weighted by atomic mass is 10.0. The summed E-state index contributed by atoms with van der Waals surface area (Å²) in [7, 11) is -5.17. The van der Waals surface area contributed by atoms with Crippen LogP contribution in [0.15, 0.2) is 71.6 Å². The number of anilines is 2. The highest BCUT2D eigenvalue weighted by Gasteiger charge is 2.27. The second-order valence-electron chi connectivity index (χ2n) is 16.1. The van der Waals surface area contributed by atoms with Gasteiger partial charge in [-0.2, -0.15) is 5.10 Å². The molecular weight excluding hydrogens is 784 g/mol. The minimum atomic E-state index is -3.92. The molecule has 57 heavy (non-hydrogen) atoms. The number of hydrogen-bond donors (Lipinski definition) is 2. The largest absolute Gasteiger partial charge is 0.476 e. The molecule has 5 aromatic rings. The standard InChI is InChI=1S/C40H53FN6O7SSi2/c1-9-28-23-34(54-27-53-20-22-57(6,7)8)32(41)24-31(28)37-43-38(35-36(40(48)49)45-47(39(35)44-37)26-52-19-21-56(3,4)5)42-25-29-15-13-14-18-33(29)46(2)55(50,51)30-16-11-10-12-17-30/h10-18,23-24H,9,19-22,25-27H2,1-8H3,(H,48,49)(H,42,43,44). The molecule has 2 N–H and O–H groups in total. The number of halogens is 1. The molecule has 13 nitrogen and oxygen atoms in total. The van der Waals surface area contributed by atoms with Crippen LogP contribution in [-0.4, -0.2) is 82.4 Å². The number of benzene rings is 3. The van der Waals surface area contributed by atoms with E-state index in [9.17, 15) is 18.3 Å². The van der Waals surface area contributed by atoms with Crippen LogP contribution in [-0.2, 0) is 39.2 Å². The first-order valence-electron chi connectivity index (χ1n) is 18.9. The number of ether oxygens (including phenoxy) is 3. The number of carboxylic acid groups (broad SMARTS) is 1. The number of hydrogen-bond acceptors (Lipinski definition) is 10. The maximum absolute atomic E-state index is 15.8. The number of nitrogens with zero attached hydrogens (tertiary/aromatic N) is 5. The second kappa shape index (κ2) is 18.3. The third-order valence-corrected chi connectivity index (χ3v) is 14.5. The van der Waals surface area contributed by atoms with Crippen molar-refractivity contribution < 1.29 is 36.9 Å². The molecule has 0 spiro atoms. The summed E-state index contributed by atoms with van der Waals surface area (Å²) >= 11 is 0. The van der Waals surface area contributed by atoms with Crippen molar-refractivity contribution in [3.05, 3.63) is 89.4 Å². The Bertz CT molecular complexity index is 2300. The summed E-state index contributed by atoms with van der Waals surface area (Å²) in [4.78, 5) is 22.4. The minimum absolute atomic E-state index is 0.0308.